The minimum atomic E-state index is -1.02. The largest absolute Gasteiger partial charge is 0.468 e. The molecule has 15 heteroatoms. The van der Waals surface area contributed by atoms with E-state index in [4.69, 9.17) is 24.2 Å². The van der Waals surface area contributed by atoms with Gasteiger partial charge < -0.3 is 29.2 Å². The van der Waals surface area contributed by atoms with E-state index in [0.717, 1.165) is 76.8 Å². The Bertz CT molecular complexity index is 2250. The maximum Gasteiger partial charge on any atom is 0.408 e. The number of fused-ring (bicyclic) bond motifs is 1. The number of esters is 1. The second kappa shape index (κ2) is 18.7. The normalized spacial score (nSPS) is 18.7. The van der Waals surface area contributed by atoms with Crippen molar-refractivity contribution in [3.63, 3.8) is 0 Å². The number of amides is 2. The molecule has 336 valence electrons. The first-order chi connectivity index (χ1) is 29.5. The molecule has 14 nitrogen and oxygen atoms in total. The molecule has 3 aliphatic rings. The zero-order valence-electron chi connectivity index (χ0n) is 37.9. The number of benzene rings is 1. The molecule has 2 saturated heterocycles. The Labute approximate surface area is 369 Å². The summed E-state index contributed by atoms with van der Waals surface area (Å²) in [7, 11) is 3.04. The molecule has 0 bridgehead atoms. The van der Waals surface area contributed by atoms with E-state index in [0.29, 0.717) is 36.7 Å². The lowest BCUT2D eigenvalue weighted by Crippen LogP contribution is -2.60. The molecule has 2 amide bonds. The molecule has 1 aliphatic carbocycles. The average molecular weight is 872 g/mol. The molecule has 4 aromatic rings. The number of nitrogens with zero attached hydrogens (tertiary/aromatic N) is 5. The zero-order valence-corrected chi connectivity index (χ0v) is 38.7. The van der Waals surface area contributed by atoms with E-state index < -0.39 is 41.1 Å². The number of pyridine rings is 1. The van der Waals surface area contributed by atoms with Gasteiger partial charge in [0.2, 0.25) is 0 Å². The Morgan fingerprint density at radius 2 is 1.84 bits per heavy atom. The number of hydrogen-bond acceptors (Lipinski definition) is 12. The molecule has 3 atom stereocenters. The number of aryl methyl sites for hydroxylation is 1. The van der Waals surface area contributed by atoms with Crippen LogP contribution in [0.25, 0.3) is 33.4 Å². The summed E-state index contributed by atoms with van der Waals surface area (Å²) in [5.74, 6) is -0.238. The second-order valence-corrected chi connectivity index (χ2v) is 20.0. The third kappa shape index (κ3) is 10.3. The number of aromatic nitrogens is 3. The van der Waals surface area contributed by atoms with E-state index >= 15 is 0 Å². The fourth-order valence-corrected chi connectivity index (χ4v) is 9.66. The summed E-state index contributed by atoms with van der Waals surface area (Å²) in [6.45, 7) is 17.1. The molecular weight excluding hydrogens is 807 g/mol. The van der Waals surface area contributed by atoms with E-state index in [9.17, 15) is 19.5 Å². The van der Waals surface area contributed by atoms with E-state index in [1.165, 1.54) is 41.9 Å². The SMILES string of the molecule is CCn1c(-c2cc(CC3CN(C4CC4)C3)cnc2[C@H](C)OC)c(CC(C)(C)CO)c2cc(-c3csc(C[C@H](NC(=O)OC(C)(C)C)C(=O)N4CCC[C@@H](C(=O)OC)N4)n3)ccc21. The van der Waals surface area contributed by atoms with Crippen molar-refractivity contribution in [2.24, 2.45) is 11.3 Å². The molecule has 7 rings (SSSR count). The van der Waals surface area contributed by atoms with Gasteiger partial charge in [-0.15, -0.1) is 11.3 Å². The first-order valence-electron chi connectivity index (χ1n) is 22.1. The lowest BCUT2D eigenvalue weighted by Gasteiger charge is -2.39. The molecule has 2 aliphatic heterocycles. The topological polar surface area (TPSA) is 160 Å². The van der Waals surface area contributed by atoms with Crippen LogP contribution in [0, 0.1) is 11.3 Å². The van der Waals surface area contributed by atoms with Gasteiger partial charge in [0.05, 0.1) is 35.3 Å². The molecule has 3 fully saturated rings. The van der Waals surface area contributed by atoms with Gasteiger partial charge in [-0.1, -0.05) is 19.9 Å². The van der Waals surface area contributed by atoms with Crippen molar-refractivity contribution < 1.29 is 33.7 Å². The van der Waals surface area contributed by atoms with Crippen LogP contribution in [-0.4, -0.2) is 112 Å². The second-order valence-electron chi connectivity index (χ2n) is 19.1. The number of carbonyl (C=O) groups excluding carboxylic acids is 3. The number of hydrogen-bond donors (Lipinski definition) is 3. The molecule has 0 spiro atoms. The summed E-state index contributed by atoms with van der Waals surface area (Å²) in [6, 6.07) is 7.86. The van der Waals surface area contributed by atoms with Gasteiger partial charge in [-0.05, 0) is 114 Å². The van der Waals surface area contributed by atoms with Gasteiger partial charge in [-0.25, -0.2) is 15.2 Å². The van der Waals surface area contributed by atoms with Gasteiger partial charge in [-0.2, -0.15) is 0 Å². The highest BCUT2D eigenvalue weighted by Gasteiger charge is 2.38. The molecule has 1 saturated carbocycles. The zero-order chi connectivity index (χ0) is 44.5. The van der Waals surface area contributed by atoms with Crippen molar-refractivity contribution in [2.75, 3.05) is 40.5 Å². The molecule has 3 aromatic heterocycles. The highest BCUT2D eigenvalue weighted by molar-refractivity contribution is 7.10. The Morgan fingerprint density at radius 3 is 2.50 bits per heavy atom. The predicted molar refractivity (Wildman–Crippen MR) is 240 cm³/mol. The van der Waals surface area contributed by atoms with Crippen LogP contribution in [0.4, 0.5) is 4.79 Å². The van der Waals surface area contributed by atoms with Gasteiger partial charge in [0.25, 0.3) is 5.91 Å². The van der Waals surface area contributed by atoms with Gasteiger partial charge >= 0.3 is 12.1 Å². The summed E-state index contributed by atoms with van der Waals surface area (Å²) in [5.41, 5.74) is 9.94. The predicted octanol–water partition coefficient (Wildman–Crippen LogP) is 6.86. The maximum atomic E-state index is 14.0. The summed E-state index contributed by atoms with van der Waals surface area (Å²) >= 11 is 1.41. The molecule has 5 heterocycles. The lowest BCUT2D eigenvalue weighted by atomic mass is 9.84. The number of likely N-dealkylation sites (tertiary alicyclic amines) is 1. The van der Waals surface area contributed by atoms with Crippen molar-refractivity contribution in [1.82, 2.24) is 35.2 Å². The molecule has 0 radical (unpaired) electrons. The average Bonchev–Trinajstić information content (AvgIpc) is 3.88. The van der Waals surface area contributed by atoms with Crippen LogP contribution >= 0.6 is 11.3 Å². The number of aliphatic hydroxyl groups is 1. The minimum absolute atomic E-state index is 0.0205. The Morgan fingerprint density at radius 1 is 1.08 bits per heavy atom. The van der Waals surface area contributed by atoms with Crippen molar-refractivity contribution >= 4 is 40.2 Å². The van der Waals surface area contributed by atoms with Crippen LogP contribution in [0.2, 0.25) is 0 Å². The number of carbonyl (C=O) groups is 3. The highest BCUT2D eigenvalue weighted by Crippen LogP contribution is 2.43. The van der Waals surface area contributed by atoms with Gasteiger partial charge in [0, 0.05) is 86.0 Å². The van der Waals surface area contributed by atoms with E-state index in [2.05, 4.69) is 65.2 Å². The first kappa shape index (κ1) is 45.6. The summed E-state index contributed by atoms with van der Waals surface area (Å²) in [5, 5.41) is 18.5. The van der Waals surface area contributed by atoms with Crippen molar-refractivity contribution in [3.8, 4) is 22.5 Å². The first-order valence-corrected chi connectivity index (χ1v) is 23.0. The Hall–Kier alpha value is -4.41. The number of ether oxygens (including phenoxy) is 3. The van der Waals surface area contributed by atoms with E-state index in [1.807, 2.05) is 18.5 Å². The lowest BCUT2D eigenvalue weighted by molar-refractivity contribution is -0.150. The quantitative estimate of drug-likeness (QED) is 0.101. The number of alkyl carbamates (subject to hydrolysis) is 1. The van der Waals surface area contributed by atoms with Crippen LogP contribution in [0.1, 0.15) is 102 Å². The Balaban J connectivity index is 1.24. The van der Waals surface area contributed by atoms with Crippen molar-refractivity contribution in [3.05, 3.63) is 57.7 Å². The highest BCUT2D eigenvalue weighted by atomic mass is 32.1. The summed E-state index contributed by atoms with van der Waals surface area (Å²) < 4.78 is 18.8. The van der Waals surface area contributed by atoms with Gasteiger partial charge in [0.1, 0.15) is 17.7 Å². The number of nitrogens with one attached hydrogen (secondary N) is 2. The smallest absolute Gasteiger partial charge is 0.408 e. The van der Waals surface area contributed by atoms with Crippen LogP contribution < -0.4 is 10.7 Å². The van der Waals surface area contributed by atoms with Crippen LogP contribution in [0.3, 0.4) is 0 Å². The minimum Gasteiger partial charge on any atom is -0.468 e. The molecule has 1 aromatic carbocycles. The van der Waals surface area contributed by atoms with Crippen LogP contribution in [0.15, 0.2) is 35.8 Å². The number of methoxy groups -OCH3 is 2. The van der Waals surface area contributed by atoms with E-state index in [1.54, 1.807) is 27.9 Å². The van der Waals surface area contributed by atoms with Crippen LogP contribution in [0.5, 0.6) is 0 Å². The monoisotopic (exact) mass is 871 g/mol. The summed E-state index contributed by atoms with van der Waals surface area (Å²) in [4.78, 5) is 52.2. The Kier molecular flexibility index (Phi) is 13.8. The van der Waals surface area contributed by atoms with Crippen molar-refractivity contribution in [1.29, 1.82) is 0 Å². The molecular formula is C47H65N7O7S. The molecule has 0 unspecified atom stereocenters. The maximum absolute atomic E-state index is 14.0. The molecule has 3 N–H and O–H groups in total. The van der Waals surface area contributed by atoms with Crippen LogP contribution in [-0.2, 0) is 49.6 Å². The number of rotatable bonds is 16. The summed E-state index contributed by atoms with van der Waals surface area (Å²) in [6.07, 6.45) is 6.57. The van der Waals surface area contributed by atoms with Gasteiger partial charge in [0.15, 0.2) is 0 Å². The standard InChI is InChI=1S/C47H65N7O7S/c1-10-53-39-16-13-31(38-26-62-40(49-38)21-37(50-45(58)61-46(3,4)5)43(56)54-17-11-12-36(51-54)44(57)60-9)20-33(39)35(22-47(6,7)27-55)42(53)34-19-29(23-48-41(34)28(2)59-8)18-30-24-52(25-30)32-14-15-32/h13,16,19-20,23,26,28,30,32,36-37,51,55H,10-12,14-15,17-18,21-22,24-25,27H2,1-9H3,(H,50,58)/t28-,36-,37-/m0/s1. The number of aliphatic hydroxyl groups excluding tert-OH is 1. The number of thiazole rings is 1. The third-order valence-corrected chi connectivity index (χ3v) is 13.1. The third-order valence-electron chi connectivity index (χ3n) is 12.3. The van der Waals surface area contributed by atoms with Crippen molar-refractivity contribution in [2.45, 2.75) is 130 Å². The number of hydrazine groups is 1. The van der Waals surface area contributed by atoms with Gasteiger partial charge in [-0.3, -0.25) is 24.5 Å². The van der Waals surface area contributed by atoms with E-state index in [-0.39, 0.29) is 19.1 Å². The fraction of sp³-hybridized carbons (Fsp3) is 0.596. The fourth-order valence-electron chi connectivity index (χ4n) is 8.81. The molecule has 62 heavy (non-hydrogen) atoms.